The van der Waals surface area contributed by atoms with Gasteiger partial charge in [-0.3, -0.25) is 9.36 Å². The van der Waals surface area contributed by atoms with Gasteiger partial charge >= 0.3 is 7.60 Å². The van der Waals surface area contributed by atoms with Gasteiger partial charge in [-0.2, -0.15) is 0 Å². The molecule has 0 heterocycles. The fourth-order valence-corrected chi connectivity index (χ4v) is 7.15. The number of fused-ring (bicyclic) bond motifs is 1. The predicted molar refractivity (Wildman–Crippen MR) is 76.4 cm³/mol. The summed E-state index contributed by atoms with van der Waals surface area (Å²) >= 11 is 6.23. The molecule has 0 bridgehead atoms. The molecule has 2 aliphatic rings. The van der Waals surface area contributed by atoms with Crippen molar-refractivity contribution in [3.8, 4) is 0 Å². The summed E-state index contributed by atoms with van der Waals surface area (Å²) in [5.41, 5.74) is -0.903. The SMILES string of the molecule is CCOC12CCCC1(P(=O)(OCC)OCC)C(=O)C2Cl. The van der Waals surface area contributed by atoms with E-state index in [2.05, 4.69) is 0 Å². The Hall–Kier alpha value is 0.0700. The summed E-state index contributed by atoms with van der Waals surface area (Å²) in [4.78, 5) is 12.5. The minimum Gasteiger partial charge on any atom is -0.372 e. The fourth-order valence-electron chi connectivity index (χ4n) is 3.66. The van der Waals surface area contributed by atoms with E-state index in [1.54, 1.807) is 13.8 Å². The highest BCUT2D eigenvalue weighted by Gasteiger charge is 2.83. The third-order valence-electron chi connectivity index (χ3n) is 4.30. The lowest BCUT2D eigenvalue weighted by atomic mass is 9.68. The summed E-state index contributed by atoms with van der Waals surface area (Å²) in [6, 6.07) is 0. The Labute approximate surface area is 124 Å². The normalized spacial score (nSPS) is 36.8. The molecule has 3 atom stereocenters. The summed E-state index contributed by atoms with van der Waals surface area (Å²) in [6.07, 6.45) is 1.80. The van der Waals surface area contributed by atoms with Gasteiger partial charge in [0.1, 0.15) is 11.0 Å². The van der Waals surface area contributed by atoms with Crippen LogP contribution in [0.3, 0.4) is 0 Å². The van der Waals surface area contributed by atoms with Crippen LogP contribution < -0.4 is 0 Å². The van der Waals surface area contributed by atoms with Gasteiger partial charge in [-0.05, 0) is 40.0 Å². The van der Waals surface area contributed by atoms with Crippen molar-refractivity contribution in [3.63, 3.8) is 0 Å². The van der Waals surface area contributed by atoms with Crippen LogP contribution in [0.25, 0.3) is 0 Å². The molecule has 7 heteroatoms. The highest BCUT2D eigenvalue weighted by molar-refractivity contribution is 7.57. The van der Waals surface area contributed by atoms with E-state index in [9.17, 15) is 9.36 Å². The Kier molecular flexibility index (Phi) is 4.68. The number of hydrogen-bond donors (Lipinski definition) is 0. The van der Waals surface area contributed by atoms with E-state index in [1.807, 2.05) is 6.92 Å². The minimum absolute atomic E-state index is 0.224. The van der Waals surface area contributed by atoms with E-state index in [0.29, 0.717) is 19.4 Å². The van der Waals surface area contributed by atoms with Crippen molar-refractivity contribution in [2.75, 3.05) is 19.8 Å². The van der Waals surface area contributed by atoms with Crippen molar-refractivity contribution >= 4 is 25.0 Å². The van der Waals surface area contributed by atoms with Gasteiger partial charge in [0, 0.05) is 6.61 Å². The van der Waals surface area contributed by atoms with Crippen molar-refractivity contribution in [3.05, 3.63) is 0 Å². The molecule has 0 radical (unpaired) electrons. The molecule has 20 heavy (non-hydrogen) atoms. The largest absolute Gasteiger partial charge is 0.372 e. The van der Waals surface area contributed by atoms with Gasteiger partial charge in [-0.1, -0.05) is 0 Å². The predicted octanol–water partition coefficient (Wildman–Crippen LogP) is 3.14. The third-order valence-corrected chi connectivity index (χ3v) is 7.81. The van der Waals surface area contributed by atoms with Gasteiger partial charge < -0.3 is 13.8 Å². The van der Waals surface area contributed by atoms with Crippen LogP contribution in [0.1, 0.15) is 40.0 Å². The van der Waals surface area contributed by atoms with Crippen molar-refractivity contribution in [1.29, 1.82) is 0 Å². The number of rotatable bonds is 7. The van der Waals surface area contributed by atoms with E-state index in [0.717, 1.165) is 6.42 Å². The molecule has 0 spiro atoms. The summed E-state index contributed by atoms with van der Waals surface area (Å²) in [5.74, 6) is -0.254. The zero-order valence-electron chi connectivity index (χ0n) is 12.2. The summed E-state index contributed by atoms with van der Waals surface area (Å²) in [5, 5.41) is -1.98. The number of ketones is 1. The summed E-state index contributed by atoms with van der Waals surface area (Å²) in [6.45, 7) is 6.18. The van der Waals surface area contributed by atoms with Gasteiger partial charge in [0.15, 0.2) is 10.9 Å². The van der Waals surface area contributed by atoms with Crippen LogP contribution in [0.15, 0.2) is 0 Å². The Morgan fingerprint density at radius 2 is 1.80 bits per heavy atom. The van der Waals surface area contributed by atoms with Crippen LogP contribution in [0.2, 0.25) is 0 Å². The lowest BCUT2D eigenvalue weighted by Crippen LogP contribution is -2.75. The number of hydrogen-bond acceptors (Lipinski definition) is 5. The number of alkyl halides is 1. The topological polar surface area (TPSA) is 61.8 Å². The molecule has 0 aliphatic heterocycles. The Morgan fingerprint density at radius 3 is 2.30 bits per heavy atom. The van der Waals surface area contributed by atoms with Crippen LogP contribution in [0.4, 0.5) is 0 Å². The van der Waals surface area contributed by atoms with E-state index >= 15 is 0 Å². The molecule has 116 valence electrons. The Morgan fingerprint density at radius 1 is 1.20 bits per heavy atom. The number of carbonyl (C=O) groups excluding carboxylic acids is 1. The number of halogens is 1. The van der Waals surface area contributed by atoms with Crippen molar-refractivity contribution in [1.82, 2.24) is 0 Å². The maximum atomic E-state index is 13.2. The van der Waals surface area contributed by atoms with Crippen LogP contribution in [-0.4, -0.2) is 41.7 Å². The Balaban J connectivity index is 2.49. The standard InChI is InChI=1S/C13H22ClO5P/c1-4-17-12-8-7-9-13(12,11(15)10(12)14)20(16,18-5-2)19-6-3/h10H,4-9H2,1-3H3. The van der Waals surface area contributed by atoms with Crippen molar-refractivity contribution in [2.24, 2.45) is 0 Å². The average molecular weight is 325 g/mol. The van der Waals surface area contributed by atoms with Gasteiger partial charge in [-0.15, -0.1) is 11.6 Å². The van der Waals surface area contributed by atoms with E-state index in [4.69, 9.17) is 25.4 Å². The molecule has 0 aromatic rings. The molecular formula is C13H22ClO5P. The van der Waals surface area contributed by atoms with Crippen LogP contribution >= 0.6 is 19.2 Å². The van der Waals surface area contributed by atoms with Crippen molar-refractivity contribution < 1.29 is 23.1 Å². The van der Waals surface area contributed by atoms with E-state index in [-0.39, 0.29) is 19.0 Å². The van der Waals surface area contributed by atoms with Crippen molar-refractivity contribution in [2.45, 2.75) is 56.2 Å². The van der Waals surface area contributed by atoms with Gasteiger partial charge in [0.25, 0.3) is 0 Å². The number of carbonyl (C=O) groups is 1. The lowest BCUT2D eigenvalue weighted by molar-refractivity contribution is -0.159. The molecular weight excluding hydrogens is 303 g/mol. The smallest absolute Gasteiger partial charge is 0.347 e. The van der Waals surface area contributed by atoms with Crippen LogP contribution in [0.5, 0.6) is 0 Å². The van der Waals surface area contributed by atoms with E-state index < -0.39 is 23.7 Å². The summed E-state index contributed by atoms with van der Waals surface area (Å²) < 4.78 is 29.9. The molecule has 2 saturated carbocycles. The molecule has 0 aromatic carbocycles. The molecule has 5 nitrogen and oxygen atoms in total. The highest BCUT2D eigenvalue weighted by atomic mass is 35.5. The molecule has 0 saturated heterocycles. The molecule has 2 rings (SSSR count). The molecule has 3 unspecified atom stereocenters. The highest BCUT2D eigenvalue weighted by Crippen LogP contribution is 2.76. The number of Topliss-reactive ketones (excluding diaryl/α,β-unsaturated/α-hetero) is 1. The third kappa shape index (κ3) is 1.80. The number of ether oxygens (including phenoxy) is 1. The summed E-state index contributed by atoms with van der Waals surface area (Å²) in [7, 11) is -3.60. The first kappa shape index (κ1) is 16.4. The van der Waals surface area contributed by atoms with E-state index in [1.165, 1.54) is 0 Å². The van der Waals surface area contributed by atoms with Gasteiger partial charge in [-0.25, -0.2) is 0 Å². The molecule has 2 fully saturated rings. The molecule has 0 amide bonds. The monoisotopic (exact) mass is 324 g/mol. The second-order valence-electron chi connectivity index (χ2n) is 5.10. The first-order valence-electron chi connectivity index (χ1n) is 7.17. The molecule has 2 aliphatic carbocycles. The van der Waals surface area contributed by atoms with Gasteiger partial charge in [0.05, 0.1) is 13.2 Å². The lowest BCUT2D eigenvalue weighted by Gasteiger charge is -2.57. The zero-order valence-corrected chi connectivity index (χ0v) is 13.8. The second-order valence-corrected chi connectivity index (χ2v) is 7.81. The first-order valence-corrected chi connectivity index (χ1v) is 9.15. The van der Waals surface area contributed by atoms with Crippen LogP contribution in [-0.2, 0) is 23.1 Å². The zero-order chi connectivity index (χ0) is 15.0. The quantitative estimate of drug-likeness (QED) is 0.532. The maximum Gasteiger partial charge on any atom is 0.347 e. The Bertz CT molecular complexity index is 432. The average Bonchev–Trinajstić information content (AvgIpc) is 2.76. The second kappa shape index (κ2) is 5.69. The minimum atomic E-state index is -3.60. The van der Waals surface area contributed by atoms with Crippen LogP contribution in [0, 0.1) is 0 Å². The van der Waals surface area contributed by atoms with Gasteiger partial charge in [0.2, 0.25) is 0 Å². The first-order chi connectivity index (χ1) is 9.45. The maximum absolute atomic E-state index is 13.2. The molecule has 0 aromatic heterocycles. The molecule has 0 N–H and O–H groups in total. The fraction of sp³-hybridized carbons (Fsp3) is 0.923.